The second-order valence-corrected chi connectivity index (χ2v) is 16.0. The van der Waals surface area contributed by atoms with Crippen LogP contribution in [0.15, 0.2) is 170 Å². The van der Waals surface area contributed by atoms with Gasteiger partial charge in [-0.15, -0.1) is 0 Å². The fourth-order valence-electron chi connectivity index (χ4n) is 6.78. The van der Waals surface area contributed by atoms with Crippen molar-refractivity contribution in [3.63, 3.8) is 0 Å². The molecule has 0 radical (unpaired) electrons. The normalized spacial score (nSPS) is 10.6. The molecule has 0 N–H and O–H groups in total. The predicted molar refractivity (Wildman–Crippen MR) is 280 cm³/mol. The van der Waals surface area contributed by atoms with Crippen LogP contribution in [0.2, 0.25) is 0 Å². The standard InChI is InChI=1S/C24H23N3O.C14H12BrN3O.C10H12.C9H10O/c1-3-18-5-7-19(8-6-18)9-10-20-15-23-24(25-16-20)27(17-26-23)21-11-13-22(14-12-21)28-4-2;1-2-19-12-5-3-11(4-6-12)18-9-17-13-7-10(15)8-16-14(13)18;1-3-9-5-7-10(4-2)8-6-9;1-2-8-3-5-9(7-10)6-4-8/h5-17H,3-4H2,1-2H3;3-9H,2H2,1H3;3,5-8H,1,4H2,2H3;3-7H,2H2,1H3/b10-9+;;;. The fraction of sp³-hybridized carbons (Fsp3) is 0.175. The maximum Gasteiger partial charge on any atom is 0.164 e. The number of aryl methyl sites for hydroxylation is 3. The lowest BCUT2D eigenvalue weighted by molar-refractivity contribution is 0.112. The molecule has 0 spiro atoms. The summed E-state index contributed by atoms with van der Waals surface area (Å²) < 4.78 is 15.8. The van der Waals surface area contributed by atoms with Gasteiger partial charge in [0.05, 0.1) is 13.2 Å². The Morgan fingerprint density at radius 3 is 1.36 bits per heavy atom. The highest BCUT2D eigenvalue weighted by Gasteiger charge is 2.08. The molecule has 9 nitrogen and oxygen atoms in total. The highest BCUT2D eigenvalue weighted by Crippen LogP contribution is 2.23. The molecule has 4 aromatic heterocycles. The number of aromatic nitrogens is 6. The first-order chi connectivity index (χ1) is 32.8. The minimum absolute atomic E-state index is 0.661. The SMILES string of the molecule is C=Cc1ccc(CC)cc1.CCOc1ccc(-n2cnc3cc(/C=C/c4ccc(CC)cc4)cnc32)cc1.CCOc1ccc(-n2cnc3cc(Br)cnc32)cc1.CCc1ccc(C=O)cc1. The molecule has 10 heteroatoms. The number of carbonyl (C=O) groups is 1. The Labute approximate surface area is 402 Å². The summed E-state index contributed by atoms with van der Waals surface area (Å²) in [6, 6.07) is 44.6. The van der Waals surface area contributed by atoms with Crippen LogP contribution in [0.5, 0.6) is 11.5 Å². The largest absolute Gasteiger partial charge is 0.494 e. The van der Waals surface area contributed by atoms with Crippen LogP contribution in [0, 0.1) is 0 Å². The van der Waals surface area contributed by atoms with Crippen LogP contribution in [0.3, 0.4) is 0 Å². The van der Waals surface area contributed by atoms with Crippen LogP contribution in [-0.4, -0.2) is 48.6 Å². The first kappa shape index (κ1) is 49.0. The molecule has 4 heterocycles. The summed E-state index contributed by atoms with van der Waals surface area (Å²) in [6.07, 6.45) is 17.3. The molecule has 5 aromatic carbocycles. The molecule has 0 saturated heterocycles. The number of fused-ring (bicyclic) bond motifs is 2. The molecule has 0 fully saturated rings. The van der Waals surface area contributed by atoms with Gasteiger partial charge in [-0.05, 0) is 143 Å². The monoisotopic (exact) mass is 952 g/mol. The summed E-state index contributed by atoms with van der Waals surface area (Å²) in [4.78, 5) is 28.1. The Kier molecular flexibility index (Phi) is 18.5. The van der Waals surface area contributed by atoms with E-state index in [1.54, 1.807) is 12.5 Å². The first-order valence-corrected chi connectivity index (χ1v) is 23.4. The molecule has 9 rings (SSSR count). The molecule has 0 saturated carbocycles. The molecule has 0 bridgehead atoms. The molecule has 0 atom stereocenters. The number of ether oxygens (including phenoxy) is 2. The molecular weight excluding hydrogens is 897 g/mol. The van der Waals surface area contributed by atoms with Crippen molar-refractivity contribution in [3.8, 4) is 22.9 Å². The average Bonchev–Trinajstić information content (AvgIpc) is 4.01. The van der Waals surface area contributed by atoms with Crippen molar-refractivity contribution in [1.82, 2.24) is 29.1 Å². The highest BCUT2D eigenvalue weighted by molar-refractivity contribution is 9.10. The van der Waals surface area contributed by atoms with E-state index in [1.807, 2.05) is 120 Å². The van der Waals surface area contributed by atoms with Gasteiger partial charge in [0.2, 0.25) is 0 Å². The van der Waals surface area contributed by atoms with Gasteiger partial charge >= 0.3 is 0 Å². The van der Waals surface area contributed by atoms with Crippen molar-refractivity contribution < 1.29 is 14.3 Å². The lowest BCUT2D eigenvalue weighted by Crippen LogP contribution is -1.95. The van der Waals surface area contributed by atoms with E-state index in [4.69, 9.17) is 9.47 Å². The van der Waals surface area contributed by atoms with E-state index in [0.717, 1.165) is 86.3 Å². The molecule has 9 aromatic rings. The van der Waals surface area contributed by atoms with Gasteiger partial charge in [-0.1, -0.05) is 118 Å². The third-order valence-electron chi connectivity index (χ3n) is 10.6. The maximum atomic E-state index is 10.2. The Hall–Kier alpha value is -7.43. The number of hydrogen-bond acceptors (Lipinski definition) is 7. The van der Waals surface area contributed by atoms with Gasteiger partial charge in [0.25, 0.3) is 0 Å². The van der Waals surface area contributed by atoms with Crippen LogP contribution >= 0.6 is 15.9 Å². The van der Waals surface area contributed by atoms with Crippen LogP contribution < -0.4 is 9.47 Å². The second kappa shape index (κ2) is 25.3. The van der Waals surface area contributed by atoms with E-state index < -0.39 is 0 Å². The van der Waals surface area contributed by atoms with Crippen LogP contribution in [0.4, 0.5) is 0 Å². The van der Waals surface area contributed by atoms with E-state index >= 15 is 0 Å². The molecule has 67 heavy (non-hydrogen) atoms. The summed E-state index contributed by atoms with van der Waals surface area (Å²) in [5, 5.41) is 0. The molecular formula is C57H57BrN6O3. The zero-order valence-corrected chi connectivity index (χ0v) is 40.4. The van der Waals surface area contributed by atoms with E-state index in [9.17, 15) is 4.79 Å². The lowest BCUT2D eigenvalue weighted by Gasteiger charge is -2.06. The van der Waals surface area contributed by atoms with Crippen LogP contribution in [0.25, 0.3) is 51.9 Å². The summed E-state index contributed by atoms with van der Waals surface area (Å²) in [5.74, 6) is 1.73. The van der Waals surface area contributed by atoms with Gasteiger partial charge in [0.1, 0.15) is 41.5 Å². The quantitative estimate of drug-likeness (QED) is 0.106. The average molecular weight is 954 g/mol. The summed E-state index contributed by atoms with van der Waals surface area (Å²) >= 11 is 3.40. The Balaban J connectivity index is 0.000000163. The molecule has 0 aliphatic carbocycles. The van der Waals surface area contributed by atoms with Crippen LogP contribution in [0.1, 0.15) is 78.4 Å². The number of halogens is 1. The number of aldehydes is 1. The maximum absolute atomic E-state index is 10.2. The summed E-state index contributed by atoms with van der Waals surface area (Å²) in [7, 11) is 0. The zero-order valence-electron chi connectivity index (χ0n) is 38.8. The van der Waals surface area contributed by atoms with Gasteiger partial charge in [0, 0.05) is 33.8 Å². The van der Waals surface area contributed by atoms with Gasteiger partial charge in [0.15, 0.2) is 11.3 Å². The number of pyridine rings is 2. The first-order valence-electron chi connectivity index (χ1n) is 22.6. The summed E-state index contributed by atoms with van der Waals surface area (Å²) in [6.45, 7) is 15.4. The van der Waals surface area contributed by atoms with Crippen molar-refractivity contribution in [2.24, 2.45) is 0 Å². The van der Waals surface area contributed by atoms with Crippen molar-refractivity contribution in [3.05, 3.63) is 209 Å². The predicted octanol–water partition coefficient (Wildman–Crippen LogP) is 14.1. The minimum Gasteiger partial charge on any atom is -0.494 e. The highest BCUT2D eigenvalue weighted by atomic mass is 79.9. The molecule has 0 aliphatic rings. The van der Waals surface area contributed by atoms with Gasteiger partial charge in [-0.25, -0.2) is 19.9 Å². The van der Waals surface area contributed by atoms with Gasteiger partial charge in [-0.2, -0.15) is 0 Å². The topological polar surface area (TPSA) is 97.0 Å². The Morgan fingerprint density at radius 2 is 0.925 bits per heavy atom. The number of imidazole rings is 2. The van der Waals surface area contributed by atoms with Gasteiger partial charge < -0.3 is 9.47 Å². The number of benzene rings is 5. The fourth-order valence-corrected chi connectivity index (χ4v) is 7.10. The van der Waals surface area contributed by atoms with Crippen molar-refractivity contribution in [2.45, 2.75) is 53.9 Å². The van der Waals surface area contributed by atoms with E-state index in [1.165, 1.54) is 27.8 Å². The van der Waals surface area contributed by atoms with E-state index in [-0.39, 0.29) is 0 Å². The van der Waals surface area contributed by atoms with Crippen molar-refractivity contribution in [2.75, 3.05) is 13.2 Å². The number of nitrogens with zero attached hydrogens (tertiary/aromatic N) is 6. The number of carbonyl (C=O) groups excluding carboxylic acids is 1. The van der Waals surface area contributed by atoms with Gasteiger partial charge in [-0.3, -0.25) is 13.9 Å². The Bertz CT molecular complexity index is 2910. The molecule has 0 unspecified atom stereocenters. The number of hydrogen-bond donors (Lipinski definition) is 0. The molecule has 340 valence electrons. The Morgan fingerprint density at radius 1 is 0.507 bits per heavy atom. The third kappa shape index (κ3) is 14.0. The minimum atomic E-state index is 0.661. The van der Waals surface area contributed by atoms with Crippen molar-refractivity contribution >= 4 is 62.8 Å². The molecule has 0 amide bonds. The zero-order chi connectivity index (χ0) is 47.4. The third-order valence-corrected chi connectivity index (χ3v) is 11.1. The smallest absolute Gasteiger partial charge is 0.164 e. The van der Waals surface area contributed by atoms with Crippen molar-refractivity contribution in [1.29, 1.82) is 0 Å². The second-order valence-electron chi connectivity index (χ2n) is 15.1. The van der Waals surface area contributed by atoms with E-state index in [0.29, 0.717) is 13.2 Å². The summed E-state index contributed by atoms with van der Waals surface area (Å²) in [5.41, 5.74) is 13.6. The molecule has 0 aliphatic heterocycles. The number of rotatable bonds is 13. The lowest BCUT2D eigenvalue weighted by atomic mass is 10.1. The van der Waals surface area contributed by atoms with E-state index in [2.05, 4.69) is 130 Å². The van der Waals surface area contributed by atoms with Crippen LogP contribution in [-0.2, 0) is 19.3 Å².